The Morgan fingerprint density at radius 3 is 2.57 bits per heavy atom. The molecule has 0 amide bonds. The van der Waals surface area contributed by atoms with E-state index in [2.05, 4.69) is 21.8 Å². The van der Waals surface area contributed by atoms with Gasteiger partial charge in [0.25, 0.3) is 0 Å². The van der Waals surface area contributed by atoms with Crippen LogP contribution in [0.4, 0.5) is 5.69 Å². The Balaban J connectivity index is 1.81. The van der Waals surface area contributed by atoms with Crippen LogP contribution < -0.4 is 5.43 Å². The quantitative estimate of drug-likeness (QED) is 0.567. The summed E-state index contributed by atoms with van der Waals surface area (Å²) < 4.78 is 7.20. The minimum atomic E-state index is 0.700. The standard InChI is InChI=1S/C17H17ClN4O/c1-11-8-14(10-19-20-16-6-4-15(18)5-7-16)13(3)22(11)17-9-12(2)23-21-17/h4-10,20H,1-3H3/b19-10-. The van der Waals surface area contributed by atoms with Gasteiger partial charge < -0.3 is 4.52 Å². The molecule has 2 aromatic heterocycles. The lowest BCUT2D eigenvalue weighted by atomic mass is 10.3. The van der Waals surface area contributed by atoms with E-state index in [-0.39, 0.29) is 0 Å². The first-order chi connectivity index (χ1) is 11.0. The third-order valence-electron chi connectivity index (χ3n) is 3.56. The van der Waals surface area contributed by atoms with E-state index in [1.165, 1.54) is 0 Å². The van der Waals surface area contributed by atoms with Gasteiger partial charge in [-0.05, 0) is 51.1 Å². The average Bonchev–Trinajstić information content (AvgIpc) is 3.05. The molecule has 6 heteroatoms. The molecule has 118 valence electrons. The zero-order chi connectivity index (χ0) is 16.4. The summed E-state index contributed by atoms with van der Waals surface area (Å²) in [5.74, 6) is 1.56. The van der Waals surface area contributed by atoms with Crippen LogP contribution in [0.25, 0.3) is 5.82 Å². The minimum Gasteiger partial charge on any atom is -0.360 e. The van der Waals surface area contributed by atoms with Crippen molar-refractivity contribution in [3.05, 3.63) is 64.1 Å². The van der Waals surface area contributed by atoms with E-state index in [0.717, 1.165) is 34.2 Å². The van der Waals surface area contributed by atoms with Crippen molar-refractivity contribution in [3.8, 4) is 5.82 Å². The summed E-state index contributed by atoms with van der Waals surface area (Å²) in [5, 5.41) is 9.05. The van der Waals surface area contributed by atoms with Crippen LogP contribution in [0.15, 0.2) is 46.0 Å². The minimum absolute atomic E-state index is 0.700. The van der Waals surface area contributed by atoms with Crippen molar-refractivity contribution in [2.24, 2.45) is 5.10 Å². The van der Waals surface area contributed by atoms with E-state index >= 15 is 0 Å². The van der Waals surface area contributed by atoms with Gasteiger partial charge in [-0.2, -0.15) is 5.10 Å². The lowest BCUT2D eigenvalue weighted by molar-refractivity contribution is 0.394. The van der Waals surface area contributed by atoms with Gasteiger partial charge in [0.15, 0.2) is 5.82 Å². The maximum Gasteiger partial charge on any atom is 0.180 e. The van der Waals surface area contributed by atoms with Crippen molar-refractivity contribution >= 4 is 23.5 Å². The molecule has 0 aliphatic carbocycles. The number of rotatable bonds is 4. The molecule has 3 aromatic rings. The van der Waals surface area contributed by atoms with Crippen molar-refractivity contribution in [3.63, 3.8) is 0 Å². The smallest absolute Gasteiger partial charge is 0.180 e. The Labute approximate surface area is 139 Å². The second-order valence-electron chi connectivity index (χ2n) is 5.33. The van der Waals surface area contributed by atoms with E-state index in [1.54, 1.807) is 6.21 Å². The molecule has 1 aromatic carbocycles. The summed E-state index contributed by atoms with van der Waals surface area (Å²) in [6.45, 7) is 5.94. The normalized spacial score (nSPS) is 11.3. The number of hydrazone groups is 1. The van der Waals surface area contributed by atoms with Gasteiger partial charge in [0.1, 0.15) is 5.76 Å². The highest BCUT2D eigenvalue weighted by atomic mass is 35.5. The van der Waals surface area contributed by atoms with Gasteiger partial charge in [-0.25, -0.2) is 0 Å². The Morgan fingerprint density at radius 1 is 1.17 bits per heavy atom. The molecule has 0 spiro atoms. The van der Waals surface area contributed by atoms with Crippen molar-refractivity contribution < 1.29 is 4.52 Å². The molecule has 0 saturated carbocycles. The summed E-state index contributed by atoms with van der Waals surface area (Å²) in [4.78, 5) is 0. The van der Waals surface area contributed by atoms with Crippen LogP contribution in [-0.2, 0) is 0 Å². The highest BCUT2D eigenvalue weighted by Crippen LogP contribution is 2.19. The number of nitrogens with zero attached hydrogens (tertiary/aromatic N) is 3. The molecule has 3 rings (SSSR count). The SMILES string of the molecule is Cc1cc(-n2c(C)cc(/C=N\Nc3ccc(Cl)cc3)c2C)no1. The third-order valence-corrected chi connectivity index (χ3v) is 3.81. The van der Waals surface area contributed by atoms with E-state index < -0.39 is 0 Å². The molecule has 0 aliphatic heterocycles. The van der Waals surface area contributed by atoms with E-state index in [1.807, 2.05) is 55.7 Å². The number of benzene rings is 1. The predicted octanol–water partition coefficient (Wildman–Crippen LogP) is 4.49. The van der Waals surface area contributed by atoms with Crippen LogP contribution in [0, 0.1) is 20.8 Å². The number of aryl methyl sites for hydroxylation is 2. The van der Waals surface area contributed by atoms with Gasteiger partial charge in [-0.3, -0.25) is 9.99 Å². The van der Waals surface area contributed by atoms with Crippen molar-refractivity contribution in [2.75, 3.05) is 5.43 Å². The maximum absolute atomic E-state index is 5.86. The summed E-state index contributed by atoms with van der Waals surface area (Å²) in [6, 6.07) is 11.4. The fourth-order valence-electron chi connectivity index (χ4n) is 2.43. The maximum atomic E-state index is 5.86. The van der Waals surface area contributed by atoms with Gasteiger partial charge in [0.05, 0.1) is 11.9 Å². The van der Waals surface area contributed by atoms with Crippen LogP contribution >= 0.6 is 11.6 Å². The average molecular weight is 329 g/mol. The highest BCUT2D eigenvalue weighted by Gasteiger charge is 2.12. The molecule has 23 heavy (non-hydrogen) atoms. The van der Waals surface area contributed by atoms with Gasteiger partial charge in [0, 0.05) is 28.0 Å². The first kappa shape index (κ1) is 15.4. The number of hydrogen-bond donors (Lipinski definition) is 1. The summed E-state index contributed by atoms with van der Waals surface area (Å²) in [5.41, 5.74) is 7.01. The lowest BCUT2D eigenvalue weighted by Crippen LogP contribution is -2.00. The molecular formula is C17H17ClN4O. The van der Waals surface area contributed by atoms with Crippen LogP contribution in [0.1, 0.15) is 22.7 Å². The largest absolute Gasteiger partial charge is 0.360 e. The Bertz CT molecular complexity index is 846. The summed E-state index contributed by atoms with van der Waals surface area (Å²) in [6.07, 6.45) is 1.79. The molecule has 0 radical (unpaired) electrons. The molecule has 1 N–H and O–H groups in total. The molecule has 0 aliphatic rings. The second-order valence-corrected chi connectivity index (χ2v) is 5.77. The fourth-order valence-corrected chi connectivity index (χ4v) is 2.56. The molecular weight excluding hydrogens is 312 g/mol. The topological polar surface area (TPSA) is 55.4 Å². The predicted molar refractivity (Wildman–Crippen MR) is 92.7 cm³/mol. The van der Waals surface area contributed by atoms with Crippen molar-refractivity contribution in [1.29, 1.82) is 0 Å². The number of nitrogens with one attached hydrogen (secondary N) is 1. The van der Waals surface area contributed by atoms with Crippen LogP contribution in [-0.4, -0.2) is 15.9 Å². The lowest BCUT2D eigenvalue weighted by Gasteiger charge is -2.04. The van der Waals surface area contributed by atoms with Crippen LogP contribution in [0.2, 0.25) is 5.02 Å². The third kappa shape index (κ3) is 3.29. The molecule has 5 nitrogen and oxygen atoms in total. The first-order valence-corrected chi connectivity index (χ1v) is 7.59. The number of anilines is 1. The molecule has 2 heterocycles. The Kier molecular flexibility index (Phi) is 4.21. The zero-order valence-corrected chi connectivity index (χ0v) is 13.9. The highest BCUT2D eigenvalue weighted by molar-refractivity contribution is 6.30. The van der Waals surface area contributed by atoms with Crippen molar-refractivity contribution in [2.45, 2.75) is 20.8 Å². The van der Waals surface area contributed by atoms with Gasteiger partial charge in [-0.15, -0.1) is 0 Å². The molecule has 0 bridgehead atoms. The van der Waals surface area contributed by atoms with E-state index in [0.29, 0.717) is 5.02 Å². The monoisotopic (exact) mass is 328 g/mol. The van der Waals surface area contributed by atoms with Gasteiger partial charge >= 0.3 is 0 Å². The first-order valence-electron chi connectivity index (χ1n) is 7.22. The van der Waals surface area contributed by atoms with E-state index in [4.69, 9.17) is 16.1 Å². The fraction of sp³-hybridized carbons (Fsp3) is 0.176. The number of aromatic nitrogens is 2. The molecule has 0 saturated heterocycles. The van der Waals surface area contributed by atoms with Gasteiger partial charge in [0.2, 0.25) is 0 Å². The number of hydrogen-bond acceptors (Lipinski definition) is 4. The second kappa shape index (κ2) is 6.30. The van der Waals surface area contributed by atoms with Crippen LogP contribution in [0.5, 0.6) is 0 Å². The van der Waals surface area contributed by atoms with Crippen LogP contribution in [0.3, 0.4) is 0 Å². The molecule has 0 fully saturated rings. The molecule has 0 atom stereocenters. The van der Waals surface area contributed by atoms with Gasteiger partial charge in [-0.1, -0.05) is 16.8 Å². The van der Waals surface area contributed by atoms with Crippen molar-refractivity contribution in [1.82, 2.24) is 9.72 Å². The summed E-state index contributed by atoms with van der Waals surface area (Å²) in [7, 11) is 0. The van der Waals surface area contributed by atoms with E-state index in [9.17, 15) is 0 Å². The Morgan fingerprint density at radius 2 is 1.91 bits per heavy atom. The Hall–Kier alpha value is -2.53. The molecule has 0 unspecified atom stereocenters. The summed E-state index contributed by atoms with van der Waals surface area (Å²) >= 11 is 5.86. The number of halogens is 1. The zero-order valence-electron chi connectivity index (χ0n) is 13.2.